The van der Waals surface area contributed by atoms with Crippen LogP contribution in [-0.2, 0) is 19.2 Å². The normalized spacial score (nSPS) is 14.8. The molecule has 0 amide bonds. The first-order valence-electron chi connectivity index (χ1n) is 4.23. The Morgan fingerprint density at radius 3 is 1.56 bits per heavy atom. The first kappa shape index (κ1) is 18.1. The zero-order valence-corrected chi connectivity index (χ0v) is 11.5. The maximum atomic E-state index is 11.8. The zero-order chi connectivity index (χ0) is 14.8. The molecule has 0 spiro atoms. The van der Waals surface area contributed by atoms with Crippen molar-refractivity contribution in [3.8, 4) is 0 Å². The van der Waals surface area contributed by atoms with Crippen LogP contribution in [0.25, 0.3) is 0 Å². The zero-order valence-electron chi connectivity index (χ0n) is 8.86. The molecule has 0 unspecified atom stereocenters. The van der Waals surface area contributed by atoms with Crippen LogP contribution in [0.1, 0.15) is 0 Å². The molecule has 110 valence electrons. The topological polar surface area (TPSA) is 192 Å². The molecular weight excluding hydrogens is 316 g/mol. The highest BCUT2D eigenvalue weighted by Gasteiger charge is 2.35. The van der Waals surface area contributed by atoms with Crippen molar-refractivity contribution in [2.24, 2.45) is 0 Å². The Bertz CT molecular complexity index is 450. The number of nitrogens with zero attached hydrogens (tertiary/aromatic N) is 1. The minimum absolute atomic E-state index is 1.09. The van der Waals surface area contributed by atoms with Gasteiger partial charge < -0.3 is 29.4 Å². The van der Waals surface area contributed by atoms with E-state index in [0.29, 0.717) is 0 Å². The largest absolute Gasteiger partial charge is 0.632 e. The van der Waals surface area contributed by atoms with E-state index in [-0.39, 0.29) is 0 Å². The van der Waals surface area contributed by atoms with E-state index in [4.69, 9.17) is 24.1 Å². The average Bonchev–Trinajstić information content (AvgIpc) is 1.91. The summed E-state index contributed by atoms with van der Waals surface area (Å²) in [4.78, 5) is 34.4. The third-order valence-corrected chi connectivity index (χ3v) is 4.11. The summed E-state index contributed by atoms with van der Waals surface area (Å²) in [6.07, 6.45) is -2.98. The van der Waals surface area contributed by atoms with Crippen molar-refractivity contribution in [3.63, 3.8) is 0 Å². The highest BCUT2D eigenvalue weighted by molar-refractivity contribution is 7.85. The van der Waals surface area contributed by atoms with E-state index < -0.39 is 54.8 Å². The lowest BCUT2D eigenvalue weighted by atomic mass is 10.6. The van der Waals surface area contributed by atoms with Gasteiger partial charge in [0.15, 0.2) is 12.6 Å². The standard InChI is InChI=1S/C4H13NO10P2S/c6-5(3-16(7,8)9,4-17(10,11)12)1-2-18(13,14)15/h1-4H2,(H2,7,8,9)(H2,10,11,12)(H,13,14,15). The Balaban J connectivity index is 5.04. The van der Waals surface area contributed by atoms with Crippen LogP contribution in [0.2, 0.25) is 0 Å². The highest BCUT2D eigenvalue weighted by atomic mass is 32.2. The second-order valence-electron chi connectivity index (χ2n) is 3.68. The number of rotatable bonds is 7. The molecule has 14 heteroatoms. The lowest BCUT2D eigenvalue weighted by Gasteiger charge is -2.41. The van der Waals surface area contributed by atoms with Crippen molar-refractivity contribution in [1.82, 2.24) is 0 Å². The second kappa shape index (κ2) is 5.63. The summed E-state index contributed by atoms with van der Waals surface area (Å²) in [6, 6.07) is 0. The predicted octanol–water partition coefficient (Wildman–Crippen LogP) is -1.54. The van der Waals surface area contributed by atoms with E-state index in [9.17, 15) is 22.8 Å². The van der Waals surface area contributed by atoms with Gasteiger partial charge in [-0.3, -0.25) is 13.7 Å². The fraction of sp³-hybridized carbons (Fsp3) is 1.00. The first-order valence-corrected chi connectivity index (χ1v) is 9.44. The van der Waals surface area contributed by atoms with Crippen molar-refractivity contribution in [2.45, 2.75) is 0 Å². The molecule has 0 aromatic rings. The smallest absolute Gasteiger partial charge is 0.379 e. The van der Waals surface area contributed by atoms with Gasteiger partial charge in [-0.05, 0) is 0 Å². The fourth-order valence-electron chi connectivity index (χ4n) is 1.14. The van der Waals surface area contributed by atoms with Crippen LogP contribution in [0, 0.1) is 5.21 Å². The van der Waals surface area contributed by atoms with Crippen molar-refractivity contribution >= 4 is 25.3 Å². The summed E-state index contributed by atoms with van der Waals surface area (Å²) >= 11 is 0. The van der Waals surface area contributed by atoms with E-state index in [2.05, 4.69) is 0 Å². The second-order valence-corrected chi connectivity index (χ2v) is 8.48. The van der Waals surface area contributed by atoms with Gasteiger partial charge in [0.2, 0.25) is 0 Å². The Kier molecular flexibility index (Phi) is 5.67. The Morgan fingerprint density at radius 2 is 1.33 bits per heavy atom. The molecule has 0 heterocycles. The van der Waals surface area contributed by atoms with Gasteiger partial charge in [0, 0.05) is 0 Å². The summed E-state index contributed by atoms with van der Waals surface area (Å²) < 4.78 is 48.5. The van der Waals surface area contributed by atoms with Gasteiger partial charge >= 0.3 is 15.2 Å². The predicted molar refractivity (Wildman–Crippen MR) is 58.7 cm³/mol. The molecule has 0 aromatic carbocycles. The molecule has 5 N–H and O–H groups in total. The summed E-state index contributed by atoms with van der Waals surface area (Å²) in [5.74, 6) is -1.17. The van der Waals surface area contributed by atoms with Crippen molar-refractivity contribution in [3.05, 3.63) is 5.21 Å². The average molecular weight is 329 g/mol. The minimum atomic E-state index is -4.92. The molecule has 0 bridgehead atoms. The van der Waals surface area contributed by atoms with Gasteiger partial charge in [-0.25, -0.2) is 0 Å². The van der Waals surface area contributed by atoms with E-state index >= 15 is 0 Å². The number of hydrogen-bond acceptors (Lipinski definition) is 5. The SMILES string of the molecule is O=P(O)(O)C[N+]([O-])(CCS(=O)(=O)O)CP(=O)(O)O. The Hall–Kier alpha value is 0.130. The molecule has 11 nitrogen and oxygen atoms in total. The molecule has 0 aromatic heterocycles. The molecular formula is C4H13NO10P2S. The highest BCUT2D eigenvalue weighted by Crippen LogP contribution is 2.44. The van der Waals surface area contributed by atoms with Gasteiger partial charge in [-0.15, -0.1) is 0 Å². The third-order valence-electron chi connectivity index (χ3n) is 1.64. The molecule has 0 fully saturated rings. The van der Waals surface area contributed by atoms with Crippen LogP contribution in [0.15, 0.2) is 0 Å². The fourth-order valence-corrected chi connectivity index (χ4v) is 3.69. The lowest BCUT2D eigenvalue weighted by Crippen LogP contribution is -2.46. The van der Waals surface area contributed by atoms with E-state index in [0.717, 1.165) is 0 Å². The Morgan fingerprint density at radius 1 is 1.00 bits per heavy atom. The molecule has 18 heavy (non-hydrogen) atoms. The number of hydroxylamine groups is 3. The minimum Gasteiger partial charge on any atom is -0.632 e. The summed E-state index contributed by atoms with van der Waals surface area (Å²) in [5.41, 5.74) is 0. The van der Waals surface area contributed by atoms with Crippen molar-refractivity contribution < 1.29 is 46.3 Å². The molecule has 0 saturated carbocycles. The van der Waals surface area contributed by atoms with Gasteiger partial charge in [0.05, 0.1) is 6.54 Å². The van der Waals surface area contributed by atoms with Crippen LogP contribution < -0.4 is 0 Å². The van der Waals surface area contributed by atoms with Crippen LogP contribution >= 0.6 is 15.2 Å². The van der Waals surface area contributed by atoms with Crippen molar-refractivity contribution in [1.29, 1.82) is 0 Å². The van der Waals surface area contributed by atoms with E-state index in [1.807, 2.05) is 0 Å². The number of quaternary nitrogens is 1. The van der Waals surface area contributed by atoms with E-state index in [1.165, 1.54) is 0 Å². The molecule has 0 atom stereocenters. The van der Waals surface area contributed by atoms with Crippen molar-refractivity contribution in [2.75, 3.05) is 24.9 Å². The number of hydrogen-bond donors (Lipinski definition) is 5. The molecule has 0 aliphatic carbocycles. The molecule has 0 saturated heterocycles. The summed E-state index contributed by atoms with van der Waals surface area (Å²) in [6.45, 7) is -1.09. The molecule has 0 radical (unpaired) electrons. The maximum absolute atomic E-state index is 11.8. The first-order chi connectivity index (χ1) is 7.62. The summed E-state index contributed by atoms with van der Waals surface area (Å²) in [5, 5.41) is 11.8. The molecule has 0 aliphatic heterocycles. The van der Waals surface area contributed by atoms with Crippen LogP contribution in [-0.4, -0.2) is 62.1 Å². The molecule has 0 rings (SSSR count). The lowest BCUT2D eigenvalue weighted by molar-refractivity contribution is -0.856. The van der Waals surface area contributed by atoms with E-state index in [1.54, 1.807) is 0 Å². The quantitative estimate of drug-likeness (QED) is 0.158. The Labute approximate surface area is 102 Å². The van der Waals surface area contributed by atoms with Gasteiger partial charge in [-0.2, -0.15) is 8.42 Å². The molecule has 0 aliphatic rings. The maximum Gasteiger partial charge on any atom is 0.379 e. The monoisotopic (exact) mass is 329 g/mol. The van der Waals surface area contributed by atoms with Crippen LogP contribution in [0.5, 0.6) is 0 Å². The van der Waals surface area contributed by atoms with Gasteiger partial charge in [0.1, 0.15) is 5.75 Å². The van der Waals surface area contributed by atoms with Gasteiger partial charge in [0.25, 0.3) is 10.1 Å². The summed E-state index contributed by atoms with van der Waals surface area (Å²) in [7, 11) is -14.4. The third kappa shape index (κ3) is 10.1. The van der Waals surface area contributed by atoms with Gasteiger partial charge in [-0.1, -0.05) is 0 Å². The van der Waals surface area contributed by atoms with Crippen LogP contribution in [0.4, 0.5) is 0 Å². The van der Waals surface area contributed by atoms with Crippen LogP contribution in [0.3, 0.4) is 0 Å².